The van der Waals surface area contributed by atoms with E-state index in [1.165, 1.54) is 5.56 Å². The van der Waals surface area contributed by atoms with Crippen LogP contribution in [0.2, 0.25) is 0 Å². The summed E-state index contributed by atoms with van der Waals surface area (Å²) in [6, 6.07) is 6.06. The largest absolute Gasteiger partial charge is 0.496 e. The van der Waals surface area contributed by atoms with E-state index in [0.29, 0.717) is 11.1 Å². The van der Waals surface area contributed by atoms with Gasteiger partial charge >= 0.3 is 0 Å². The van der Waals surface area contributed by atoms with E-state index in [-0.39, 0.29) is 0 Å². The van der Waals surface area contributed by atoms with E-state index in [1.54, 1.807) is 7.11 Å². The van der Waals surface area contributed by atoms with Crippen LogP contribution in [0.3, 0.4) is 0 Å². The van der Waals surface area contributed by atoms with Crippen molar-refractivity contribution in [1.82, 2.24) is 4.90 Å². The molecule has 1 aromatic carbocycles. The zero-order valence-corrected chi connectivity index (χ0v) is 13.6. The first-order chi connectivity index (χ1) is 10.1. The summed E-state index contributed by atoms with van der Waals surface area (Å²) < 4.78 is 11.0. The highest BCUT2D eigenvalue weighted by Crippen LogP contribution is 2.22. The van der Waals surface area contributed by atoms with Crippen LogP contribution in [-0.2, 0) is 11.3 Å². The Morgan fingerprint density at radius 3 is 2.67 bits per heavy atom. The van der Waals surface area contributed by atoms with Crippen molar-refractivity contribution < 1.29 is 9.47 Å². The molecule has 0 saturated carbocycles. The van der Waals surface area contributed by atoms with Crippen molar-refractivity contribution in [3.63, 3.8) is 0 Å². The molecule has 5 heteroatoms. The molecule has 0 aliphatic carbocycles. The number of benzene rings is 1. The van der Waals surface area contributed by atoms with Gasteiger partial charge in [0.2, 0.25) is 0 Å². The van der Waals surface area contributed by atoms with Crippen LogP contribution in [0, 0.1) is 0 Å². The van der Waals surface area contributed by atoms with Gasteiger partial charge in [0.1, 0.15) is 10.7 Å². The molecule has 0 unspecified atom stereocenters. The van der Waals surface area contributed by atoms with Crippen molar-refractivity contribution in [1.29, 1.82) is 0 Å². The molecule has 0 atom stereocenters. The van der Waals surface area contributed by atoms with E-state index in [4.69, 9.17) is 27.4 Å². The van der Waals surface area contributed by atoms with E-state index < -0.39 is 0 Å². The van der Waals surface area contributed by atoms with Crippen LogP contribution in [0.5, 0.6) is 5.75 Å². The van der Waals surface area contributed by atoms with E-state index >= 15 is 0 Å². The smallest absolute Gasteiger partial charge is 0.129 e. The maximum absolute atomic E-state index is 5.77. The predicted molar refractivity (Wildman–Crippen MR) is 88.8 cm³/mol. The molecule has 2 rings (SSSR count). The average molecular weight is 308 g/mol. The van der Waals surface area contributed by atoms with Gasteiger partial charge in [-0.3, -0.25) is 4.90 Å². The number of piperidine rings is 1. The summed E-state index contributed by atoms with van der Waals surface area (Å²) in [4.78, 5) is 2.82. The number of ether oxygens (including phenoxy) is 2. The van der Waals surface area contributed by atoms with Crippen LogP contribution in [-0.4, -0.2) is 42.8 Å². The molecular formula is C16H24N2O2S. The van der Waals surface area contributed by atoms with Gasteiger partial charge in [0.05, 0.1) is 18.8 Å². The summed E-state index contributed by atoms with van der Waals surface area (Å²) >= 11 is 5.09. The number of hydrogen-bond donors (Lipinski definition) is 1. The monoisotopic (exact) mass is 308 g/mol. The first-order valence-corrected chi connectivity index (χ1v) is 7.85. The molecule has 21 heavy (non-hydrogen) atoms. The Morgan fingerprint density at radius 2 is 2.10 bits per heavy atom. The first-order valence-electron chi connectivity index (χ1n) is 7.44. The molecule has 1 heterocycles. The van der Waals surface area contributed by atoms with E-state index in [0.717, 1.165) is 50.4 Å². The molecule has 1 saturated heterocycles. The van der Waals surface area contributed by atoms with Gasteiger partial charge in [-0.1, -0.05) is 18.3 Å². The minimum Gasteiger partial charge on any atom is -0.496 e. The second-order valence-corrected chi connectivity index (χ2v) is 5.77. The van der Waals surface area contributed by atoms with Gasteiger partial charge in [0.25, 0.3) is 0 Å². The van der Waals surface area contributed by atoms with Gasteiger partial charge in [-0.2, -0.15) is 0 Å². The lowest BCUT2D eigenvalue weighted by Crippen LogP contribution is -2.36. The number of rotatable bonds is 6. The van der Waals surface area contributed by atoms with Crippen molar-refractivity contribution in [3.05, 3.63) is 29.3 Å². The topological polar surface area (TPSA) is 47.7 Å². The molecule has 1 aliphatic heterocycles. The fourth-order valence-electron chi connectivity index (χ4n) is 2.77. The number of methoxy groups -OCH3 is 1. The molecule has 1 fully saturated rings. The fourth-order valence-corrected chi connectivity index (χ4v) is 2.93. The lowest BCUT2D eigenvalue weighted by Gasteiger charge is -2.31. The Kier molecular flexibility index (Phi) is 5.96. The SMILES string of the molecule is CCOC1CCN(Cc2ccc(OC)c(C(N)=S)c2)CC1. The van der Waals surface area contributed by atoms with Gasteiger partial charge in [-0.05, 0) is 37.5 Å². The minimum atomic E-state index is 0.378. The third kappa shape index (κ3) is 4.40. The highest BCUT2D eigenvalue weighted by molar-refractivity contribution is 7.80. The lowest BCUT2D eigenvalue weighted by molar-refractivity contribution is 0.0125. The Hall–Kier alpha value is -1.17. The molecular weight excluding hydrogens is 284 g/mol. The van der Waals surface area contributed by atoms with Gasteiger partial charge in [-0.15, -0.1) is 0 Å². The Morgan fingerprint density at radius 1 is 1.38 bits per heavy atom. The molecule has 0 aromatic heterocycles. The summed E-state index contributed by atoms with van der Waals surface area (Å²) in [5.41, 5.74) is 7.80. The maximum Gasteiger partial charge on any atom is 0.129 e. The molecule has 2 N–H and O–H groups in total. The Balaban J connectivity index is 1.97. The molecule has 4 nitrogen and oxygen atoms in total. The molecule has 116 valence electrons. The van der Waals surface area contributed by atoms with Crippen LogP contribution < -0.4 is 10.5 Å². The maximum atomic E-state index is 5.77. The van der Waals surface area contributed by atoms with E-state index in [9.17, 15) is 0 Å². The minimum absolute atomic E-state index is 0.378. The summed E-state index contributed by atoms with van der Waals surface area (Å²) in [6.45, 7) is 5.91. The Labute approximate surface area is 132 Å². The van der Waals surface area contributed by atoms with Crippen molar-refractivity contribution >= 4 is 17.2 Å². The summed E-state index contributed by atoms with van der Waals surface area (Å²) in [6.07, 6.45) is 2.63. The summed E-state index contributed by atoms with van der Waals surface area (Å²) in [5, 5.41) is 0. The molecule has 1 aliphatic rings. The quantitative estimate of drug-likeness (QED) is 0.817. The highest BCUT2D eigenvalue weighted by Gasteiger charge is 2.19. The summed E-state index contributed by atoms with van der Waals surface area (Å²) in [5.74, 6) is 0.737. The van der Waals surface area contributed by atoms with Gasteiger partial charge < -0.3 is 15.2 Å². The highest BCUT2D eigenvalue weighted by atomic mass is 32.1. The second kappa shape index (κ2) is 7.73. The van der Waals surface area contributed by atoms with Crippen LogP contribution in [0.4, 0.5) is 0 Å². The van der Waals surface area contributed by atoms with Crippen LogP contribution >= 0.6 is 12.2 Å². The van der Waals surface area contributed by atoms with E-state index in [2.05, 4.69) is 17.9 Å². The van der Waals surface area contributed by atoms with Gasteiger partial charge in [0.15, 0.2) is 0 Å². The number of nitrogens with zero attached hydrogens (tertiary/aromatic N) is 1. The van der Waals surface area contributed by atoms with Crippen molar-refractivity contribution in [2.45, 2.75) is 32.4 Å². The zero-order chi connectivity index (χ0) is 15.2. The second-order valence-electron chi connectivity index (χ2n) is 5.33. The number of nitrogens with two attached hydrogens (primary N) is 1. The normalized spacial score (nSPS) is 16.9. The zero-order valence-electron chi connectivity index (χ0n) is 12.8. The predicted octanol–water partition coefficient (Wildman–Crippen LogP) is 2.33. The van der Waals surface area contributed by atoms with Crippen LogP contribution in [0.15, 0.2) is 18.2 Å². The third-order valence-electron chi connectivity index (χ3n) is 3.87. The fraction of sp³-hybridized carbons (Fsp3) is 0.562. The number of hydrogen-bond acceptors (Lipinski definition) is 4. The molecule has 0 spiro atoms. The van der Waals surface area contributed by atoms with Crippen LogP contribution in [0.1, 0.15) is 30.9 Å². The van der Waals surface area contributed by atoms with Crippen molar-refractivity contribution in [2.24, 2.45) is 5.73 Å². The molecule has 0 bridgehead atoms. The van der Waals surface area contributed by atoms with Crippen molar-refractivity contribution in [2.75, 3.05) is 26.8 Å². The van der Waals surface area contributed by atoms with E-state index in [1.807, 2.05) is 12.1 Å². The van der Waals surface area contributed by atoms with Crippen molar-refractivity contribution in [3.8, 4) is 5.75 Å². The van der Waals surface area contributed by atoms with Crippen LogP contribution in [0.25, 0.3) is 0 Å². The first kappa shape index (κ1) is 16.2. The Bertz CT molecular complexity index is 485. The number of thiocarbonyl (C=S) groups is 1. The lowest BCUT2D eigenvalue weighted by atomic mass is 10.1. The average Bonchev–Trinajstić information content (AvgIpc) is 2.49. The standard InChI is InChI=1S/C16H24N2O2S/c1-3-20-13-6-8-18(9-7-13)11-12-4-5-15(19-2)14(10-12)16(17)21/h4-5,10,13H,3,6-9,11H2,1-2H3,(H2,17,21). The molecule has 0 radical (unpaired) electrons. The van der Waals surface area contributed by atoms with Gasteiger partial charge in [0, 0.05) is 26.2 Å². The number of likely N-dealkylation sites (tertiary alicyclic amines) is 1. The van der Waals surface area contributed by atoms with Gasteiger partial charge in [-0.25, -0.2) is 0 Å². The third-order valence-corrected chi connectivity index (χ3v) is 4.09. The summed E-state index contributed by atoms with van der Waals surface area (Å²) in [7, 11) is 1.63. The molecule has 1 aromatic rings. The molecule has 0 amide bonds.